The molecule has 0 aliphatic carbocycles. The minimum atomic E-state index is -0.471. The summed E-state index contributed by atoms with van der Waals surface area (Å²) in [4.78, 5) is 26.8. The van der Waals surface area contributed by atoms with Crippen molar-refractivity contribution < 1.29 is 19.1 Å². The second-order valence-electron chi connectivity index (χ2n) is 6.29. The molecule has 1 N–H and O–H groups in total. The topological polar surface area (TPSA) is 67.9 Å². The summed E-state index contributed by atoms with van der Waals surface area (Å²) in [6.45, 7) is 2.61. The maximum Gasteiger partial charge on any atom is 0.229 e. The Morgan fingerprint density at radius 1 is 1.32 bits per heavy atom. The molecule has 0 bridgehead atoms. The van der Waals surface area contributed by atoms with Gasteiger partial charge in [0, 0.05) is 23.7 Å². The number of hydrogen-bond acceptors (Lipinski definition) is 4. The number of nitrogens with one attached hydrogen (secondary N) is 1. The van der Waals surface area contributed by atoms with E-state index in [9.17, 15) is 9.59 Å². The largest absolute Gasteiger partial charge is 0.497 e. The lowest BCUT2D eigenvalue weighted by Crippen LogP contribution is -2.28. The molecule has 1 saturated heterocycles. The summed E-state index contributed by atoms with van der Waals surface area (Å²) in [5.74, 6) is 0.403. The van der Waals surface area contributed by atoms with Crippen LogP contribution in [0, 0.1) is 5.92 Å². The first kappa shape index (κ1) is 20.5. The summed E-state index contributed by atoms with van der Waals surface area (Å²) in [5, 5.41) is 3.32. The summed E-state index contributed by atoms with van der Waals surface area (Å²) in [7, 11) is 1.58. The van der Waals surface area contributed by atoms with Crippen molar-refractivity contribution in [1.29, 1.82) is 0 Å². The lowest BCUT2D eigenvalue weighted by Gasteiger charge is -2.18. The van der Waals surface area contributed by atoms with E-state index in [1.54, 1.807) is 48.4 Å². The molecule has 8 heteroatoms. The first-order chi connectivity index (χ1) is 13.4. The monoisotopic (exact) mass is 466 g/mol. The fourth-order valence-electron chi connectivity index (χ4n) is 3.07. The van der Waals surface area contributed by atoms with Gasteiger partial charge in [-0.15, -0.1) is 0 Å². The number of amides is 2. The molecule has 2 amide bonds. The van der Waals surface area contributed by atoms with Gasteiger partial charge >= 0.3 is 0 Å². The standard InChI is InChI=1S/C20H20BrClN2O4/c1-3-28-19-16(21)9-13(22)10-17(19)23-20(26)12-8-18(25)24(11-12)14-4-6-15(27-2)7-5-14/h4-7,9-10,12H,3,8,11H2,1-2H3,(H,23,26). The molecule has 1 unspecified atom stereocenters. The van der Waals surface area contributed by atoms with Crippen LogP contribution < -0.4 is 19.7 Å². The average molecular weight is 468 g/mol. The third-order valence-corrected chi connectivity index (χ3v) is 5.24. The van der Waals surface area contributed by atoms with Crippen molar-refractivity contribution in [2.75, 3.05) is 30.5 Å². The SMILES string of the molecule is CCOc1c(Br)cc(Cl)cc1NC(=O)C1CC(=O)N(c2ccc(OC)cc2)C1. The van der Waals surface area contributed by atoms with E-state index in [4.69, 9.17) is 21.1 Å². The van der Waals surface area contributed by atoms with Crippen LogP contribution >= 0.6 is 27.5 Å². The number of carbonyl (C=O) groups is 2. The number of ether oxygens (including phenoxy) is 2. The highest BCUT2D eigenvalue weighted by atomic mass is 79.9. The Morgan fingerprint density at radius 3 is 2.68 bits per heavy atom. The molecule has 1 atom stereocenters. The van der Waals surface area contributed by atoms with E-state index in [1.165, 1.54) is 0 Å². The number of carbonyl (C=O) groups excluding carboxylic acids is 2. The maximum absolute atomic E-state index is 12.8. The zero-order chi connectivity index (χ0) is 20.3. The quantitative estimate of drug-likeness (QED) is 0.679. The summed E-state index contributed by atoms with van der Waals surface area (Å²) < 4.78 is 11.4. The fourth-order valence-corrected chi connectivity index (χ4v) is 4.00. The lowest BCUT2D eigenvalue weighted by atomic mass is 10.1. The number of anilines is 2. The van der Waals surface area contributed by atoms with E-state index in [2.05, 4.69) is 21.2 Å². The van der Waals surface area contributed by atoms with Gasteiger partial charge in [0.15, 0.2) is 5.75 Å². The molecule has 1 aliphatic rings. The van der Waals surface area contributed by atoms with Crippen molar-refractivity contribution >= 4 is 50.7 Å². The van der Waals surface area contributed by atoms with Crippen molar-refractivity contribution in [1.82, 2.24) is 0 Å². The predicted molar refractivity (Wildman–Crippen MR) is 112 cm³/mol. The van der Waals surface area contributed by atoms with Gasteiger partial charge in [-0.25, -0.2) is 0 Å². The predicted octanol–water partition coefficient (Wildman–Crippen LogP) is 4.50. The van der Waals surface area contributed by atoms with Crippen LogP contribution in [0.3, 0.4) is 0 Å². The smallest absolute Gasteiger partial charge is 0.229 e. The van der Waals surface area contributed by atoms with Gasteiger partial charge in [0.2, 0.25) is 11.8 Å². The number of methoxy groups -OCH3 is 1. The first-order valence-electron chi connectivity index (χ1n) is 8.80. The van der Waals surface area contributed by atoms with Gasteiger partial charge in [-0.3, -0.25) is 9.59 Å². The summed E-state index contributed by atoms with van der Waals surface area (Å²) in [5.41, 5.74) is 1.21. The van der Waals surface area contributed by atoms with Crippen LogP contribution in [-0.4, -0.2) is 32.1 Å². The summed E-state index contributed by atoms with van der Waals surface area (Å²) in [6, 6.07) is 10.5. The minimum absolute atomic E-state index is 0.0948. The Labute approximate surface area is 176 Å². The highest BCUT2D eigenvalue weighted by Crippen LogP contribution is 2.37. The van der Waals surface area contributed by atoms with Gasteiger partial charge in [-0.1, -0.05) is 11.6 Å². The molecule has 2 aromatic rings. The van der Waals surface area contributed by atoms with E-state index in [-0.39, 0.29) is 18.2 Å². The van der Waals surface area contributed by atoms with Crippen LogP contribution in [0.15, 0.2) is 40.9 Å². The molecule has 148 valence electrons. The molecule has 0 aromatic heterocycles. The van der Waals surface area contributed by atoms with Crippen LogP contribution in [0.1, 0.15) is 13.3 Å². The molecule has 0 spiro atoms. The van der Waals surface area contributed by atoms with Crippen LogP contribution in [-0.2, 0) is 9.59 Å². The van der Waals surface area contributed by atoms with Crippen LogP contribution in [0.5, 0.6) is 11.5 Å². The maximum atomic E-state index is 12.8. The molecule has 0 saturated carbocycles. The van der Waals surface area contributed by atoms with Crippen molar-refractivity contribution in [2.45, 2.75) is 13.3 Å². The molecule has 3 rings (SSSR count). The molecule has 6 nitrogen and oxygen atoms in total. The van der Waals surface area contributed by atoms with E-state index in [0.29, 0.717) is 39.8 Å². The van der Waals surface area contributed by atoms with Crippen LogP contribution in [0.4, 0.5) is 11.4 Å². The number of halogens is 2. The molecule has 1 aliphatic heterocycles. The normalized spacial score (nSPS) is 16.2. The lowest BCUT2D eigenvalue weighted by molar-refractivity contribution is -0.122. The van der Waals surface area contributed by atoms with Gasteiger partial charge in [0.05, 0.1) is 29.8 Å². The molecule has 2 aromatic carbocycles. The highest BCUT2D eigenvalue weighted by Gasteiger charge is 2.35. The van der Waals surface area contributed by atoms with Crippen LogP contribution in [0.2, 0.25) is 5.02 Å². The van der Waals surface area contributed by atoms with Crippen molar-refractivity contribution in [3.8, 4) is 11.5 Å². The van der Waals surface area contributed by atoms with E-state index >= 15 is 0 Å². The molecule has 28 heavy (non-hydrogen) atoms. The van der Waals surface area contributed by atoms with Gasteiger partial charge < -0.3 is 19.7 Å². The molecule has 0 radical (unpaired) electrons. The number of benzene rings is 2. The summed E-state index contributed by atoms with van der Waals surface area (Å²) >= 11 is 9.51. The Kier molecular flexibility index (Phi) is 6.46. The van der Waals surface area contributed by atoms with Gasteiger partial charge in [-0.2, -0.15) is 0 Å². The Balaban J connectivity index is 1.74. The fraction of sp³-hybridized carbons (Fsp3) is 0.300. The second-order valence-corrected chi connectivity index (χ2v) is 7.58. The Bertz CT molecular complexity index is 889. The third kappa shape index (κ3) is 4.42. The number of nitrogens with zero attached hydrogens (tertiary/aromatic N) is 1. The van der Waals surface area contributed by atoms with Crippen molar-refractivity contribution in [2.24, 2.45) is 5.92 Å². The van der Waals surface area contributed by atoms with Crippen LogP contribution in [0.25, 0.3) is 0 Å². The molecular weight excluding hydrogens is 448 g/mol. The van der Waals surface area contributed by atoms with Gasteiger partial charge in [-0.05, 0) is 59.3 Å². The van der Waals surface area contributed by atoms with E-state index < -0.39 is 5.92 Å². The zero-order valence-electron chi connectivity index (χ0n) is 15.5. The van der Waals surface area contributed by atoms with Crippen molar-refractivity contribution in [3.63, 3.8) is 0 Å². The third-order valence-electron chi connectivity index (χ3n) is 4.43. The Morgan fingerprint density at radius 2 is 2.04 bits per heavy atom. The average Bonchev–Trinajstić information content (AvgIpc) is 3.06. The van der Waals surface area contributed by atoms with Gasteiger partial charge in [0.25, 0.3) is 0 Å². The zero-order valence-corrected chi connectivity index (χ0v) is 17.8. The summed E-state index contributed by atoms with van der Waals surface area (Å²) in [6.07, 6.45) is 0.142. The van der Waals surface area contributed by atoms with E-state index in [0.717, 1.165) is 5.69 Å². The van der Waals surface area contributed by atoms with E-state index in [1.807, 2.05) is 6.92 Å². The first-order valence-corrected chi connectivity index (χ1v) is 9.97. The number of hydrogen-bond donors (Lipinski definition) is 1. The number of rotatable bonds is 6. The molecular formula is C20H20BrClN2O4. The van der Waals surface area contributed by atoms with Gasteiger partial charge in [0.1, 0.15) is 5.75 Å². The Hall–Kier alpha value is -2.25. The second kappa shape index (κ2) is 8.84. The molecule has 1 heterocycles. The molecule has 1 fully saturated rings. The minimum Gasteiger partial charge on any atom is -0.497 e. The van der Waals surface area contributed by atoms with Crippen molar-refractivity contribution in [3.05, 3.63) is 45.9 Å². The highest BCUT2D eigenvalue weighted by molar-refractivity contribution is 9.10.